The van der Waals surface area contributed by atoms with E-state index in [4.69, 9.17) is 5.11 Å². The topological polar surface area (TPSA) is 90.9 Å². The smallest absolute Gasteiger partial charge is 0.375 e. The Hall–Kier alpha value is -1.43. The summed E-state index contributed by atoms with van der Waals surface area (Å²) in [6.07, 6.45) is 0.636. The van der Waals surface area contributed by atoms with Gasteiger partial charge >= 0.3 is 5.97 Å². The lowest BCUT2D eigenvalue weighted by molar-refractivity contribution is 0.0684. The van der Waals surface area contributed by atoms with Crippen molar-refractivity contribution in [3.8, 4) is 0 Å². The number of likely N-dealkylation sites (N-methyl/N-ethyl adjacent to an activating group) is 1. The molecule has 1 aromatic rings. The fourth-order valence-electron chi connectivity index (χ4n) is 0.874. The number of aromatic amines is 1. The highest BCUT2D eigenvalue weighted by Gasteiger charge is 2.11. The van der Waals surface area contributed by atoms with E-state index in [1.165, 1.54) is 0 Å². The van der Waals surface area contributed by atoms with Gasteiger partial charge < -0.3 is 10.4 Å². The average molecular weight is 184 g/mol. The van der Waals surface area contributed by atoms with E-state index >= 15 is 0 Å². The molecule has 3 N–H and O–H groups in total. The second-order valence-corrected chi connectivity index (χ2v) is 2.80. The maximum absolute atomic E-state index is 10.4. The van der Waals surface area contributed by atoms with E-state index in [9.17, 15) is 4.79 Å². The lowest BCUT2D eigenvalue weighted by atomic mass is 10.2. The number of hydrogen-bond donors (Lipinski definition) is 3. The molecule has 13 heavy (non-hydrogen) atoms. The van der Waals surface area contributed by atoms with Crippen molar-refractivity contribution < 1.29 is 9.90 Å². The quantitative estimate of drug-likeness (QED) is 0.595. The maximum Gasteiger partial charge on any atom is 0.375 e. The standard InChI is InChI=1S/C7H12N4O2/c1-4(8-2)3-5-9-6(7(12)13)11-10-5/h4,8H,3H2,1-2H3,(H,12,13)(H,9,10,11). The van der Waals surface area contributed by atoms with Crippen LogP contribution in [-0.4, -0.2) is 39.3 Å². The molecule has 0 aliphatic carbocycles. The summed E-state index contributed by atoms with van der Waals surface area (Å²) in [5.74, 6) is -0.711. The molecule has 0 aromatic carbocycles. The summed E-state index contributed by atoms with van der Waals surface area (Å²) in [4.78, 5) is 14.2. The molecule has 72 valence electrons. The van der Waals surface area contributed by atoms with Crippen LogP contribution >= 0.6 is 0 Å². The molecule has 1 aromatic heterocycles. The molecular formula is C7H12N4O2. The molecule has 0 bridgehead atoms. The zero-order chi connectivity index (χ0) is 9.84. The van der Waals surface area contributed by atoms with Crippen LogP contribution in [0.4, 0.5) is 0 Å². The molecule has 0 spiro atoms. The SMILES string of the molecule is CNC(C)Cc1nc(C(=O)O)n[nH]1. The van der Waals surface area contributed by atoms with Gasteiger partial charge in [-0.25, -0.2) is 9.78 Å². The Balaban J connectivity index is 2.64. The van der Waals surface area contributed by atoms with E-state index in [1.54, 1.807) is 0 Å². The summed E-state index contributed by atoms with van der Waals surface area (Å²) < 4.78 is 0. The number of nitrogens with one attached hydrogen (secondary N) is 2. The van der Waals surface area contributed by atoms with Gasteiger partial charge in [0.15, 0.2) is 0 Å². The summed E-state index contributed by atoms with van der Waals surface area (Å²) in [6, 6.07) is 0.245. The number of aromatic carboxylic acids is 1. The Morgan fingerprint density at radius 2 is 2.46 bits per heavy atom. The third-order valence-corrected chi connectivity index (χ3v) is 1.72. The van der Waals surface area contributed by atoms with Crippen molar-refractivity contribution >= 4 is 5.97 Å². The van der Waals surface area contributed by atoms with Crippen molar-refractivity contribution in [1.82, 2.24) is 20.5 Å². The van der Waals surface area contributed by atoms with Crippen LogP contribution < -0.4 is 5.32 Å². The van der Waals surface area contributed by atoms with Crippen molar-refractivity contribution in [2.24, 2.45) is 0 Å². The second kappa shape index (κ2) is 3.99. The van der Waals surface area contributed by atoms with Gasteiger partial charge in [-0.2, -0.15) is 0 Å². The summed E-state index contributed by atoms with van der Waals surface area (Å²) in [7, 11) is 1.83. The summed E-state index contributed by atoms with van der Waals surface area (Å²) in [6.45, 7) is 1.98. The first kappa shape index (κ1) is 9.66. The Kier molecular flexibility index (Phi) is 2.97. The van der Waals surface area contributed by atoms with Gasteiger partial charge in [0.1, 0.15) is 5.82 Å². The van der Waals surface area contributed by atoms with Crippen LogP contribution in [0.2, 0.25) is 0 Å². The molecular weight excluding hydrogens is 172 g/mol. The van der Waals surface area contributed by atoms with E-state index in [0.29, 0.717) is 12.2 Å². The van der Waals surface area contributed by atoms with E-state index in [-0.39, 0.29) is 11.9 Å². The monoisotopic (exact) mass is 184 g/mol. The van der Waals surface area contributed by atoms with Crippen molar-refractivity contribution in [1.29, 1.82) is 0 Å². The van der Waals surface area contributed by atoms with Crippen molar-refractivity contribution in [3.05, 3.63) is 11.6 Å². The molecule has 1 atom stereocenters. The van der Waals surface area contributed by atoms with Crippen molar-refractivity contribution in [2.45, 2.75) is 19.4 Å². The zero-order valence-corrected chi connectivity index (χ0v) is 7.53. The number of rotatable bonds is 4. The first-order valence-corrected chi connectivity index (χ1v) is 3.95. The average Bonchev–Trinajstić information content (AvgIpc) is 2.52. The normalized spacial score (nSPS) is 12.8. The van der Waals surface area contributed by atoms with Crippen LogP contribution in [0.5, 0.6) is 0 Å². The zero-order valence-electron chi connectivity index (χ0n) is 7.53. The van der Waals surface area contributed by atoms with E-state index in [1.807, 2.05) is 14.0 Å². The van der Waals surface area contributed by atoms with Gasteiger partial charge in [0.2, 0.25) is 0 Å². The molecule has 6 nitrogen and oxygen atoms in total. The van der Waals surface area contributed by atoms with Gasteiger partial charge in [0.25, 0.3) is 5.82 Å². The van der Waals surface area contributed by atoms with Crippen LogP contribution in [0, 0.1) is 0 Å². The minimum absolute atomic E-state index is 0.182. The largest absolute Gasteiger partial charge is 0.475 e. The number of hydrogen-bond acceptors (Lipinski definition) is 4. The fraction of sp³-hybridized carbons (Fsp3) is 0.571. The van der Waals surface area contributed by atoms with E-state index in [2.05, 4.69) is 20.5 Å². The van der Waals surface area contributed by atoms with Gasteiger partial charge in [-0.3, -0.25) is 5.10 Å². The summed E-state index contributed by atoms with van der Waals surface area (Å²) >= 11 is 0. The molecule has 1 heterocycles. The highest BCUT2D eigenvalue weighted by Crippen LogP contribution is 1.96. The van der Waals surface area contributed by atoms with Crippen LogP contribution in [0.3, 0.4) is 0 Å². The number of H-pyrrole nitrogens is 1. The molecule has 0 amide bonds. The number of aromatic nitrogens is 3. The molecule has 1 unspecified atom stereocenters. The number of carboxylic acid groups (broad SMARTS) is 1. The molecule has 0 radical (unpaired) electrons. The maximum atomic E-state index is 10.4. The van der Waals surface area contributed by atoms with Crippen molar-refractivity contribution in [3.63, 3.8) is 0 Å². The van der Waals surface area contributed by atoms with Crippen LogP contribution in [0.25, 0.3) is 0 Å². The minimum atomic E-state index is -1.11. The Bertz CT molecular complexity index is 296. The number of nitrogens with zero attached hydrogens (tertiary/aromatic N) is 2. The first-order chi connectivity index (χ1) is 6.13. The Morgan fingerprint density at radius 1 is 1.77 bits per heavy atom. The summed E-state index contributed by atoms with van der Waals surface area (Å²) in [5.41, 5.74) is 0. The van der Waals surface area contributed by atoms with Crippen LogP contribution in [0.15, 0.2) is 0 Å². The molecule has 0 aliphatic heterocycles. The number of carboxylic acids is 1. The molecule has 0 fully saturated rings. The lowest BCUT2D eigenvalue weighted by Gasteiger charge is -2.05. The van der Waals surface area contributed by atoms with Crippen LogP contribution in [-0.2, 0) is 6.42 Å². The van der Waals surface area contributed by atoms with Gasteiger partial charge in [0.05, 0.1) is 0 Å². The fourth-order valence-corrected chi connectivity index (χ4v) is 0.874. The molecule has 0 aliphatic rings. The third-order valence-electron chi connectivity index (χ3n) is 1.72. The van der Waals surface area contributed by atoms with E-state index < -0.39 is 5.97 Å². The van der Waals surface area contributed by atoms with E-state index in [0.717, 1.165) is 0 Å². The number of carbonyl (C=O) groups is 1. The van der Waals surface area contributed by atoms with Crippen molar-refractivity contribution in [2.75, 3.05) is 7.05 Å². The predicted molar refractivity (Wildman–Crippen MR) is 45.6 cm³/mol. The molecule has 0 saturated heterocycles. The second-order valence-electron chi connectivity index (χ2n) is 2.80. The van der Waals surface area contributed by atoms with Crippen LogP contribution in [0.1, 0.15) is 23.4 Å². The lowest BCUT2D eigenvalue weighted by Crippen LogP contribution is -2.24. The highest BCUT2D eigenvalue weighted by atomic mass is 16.4. The van der Waals surface area contributed by atoms with Gasteiger partial charge in [-0.1, -0.05) is 0 Å². The molecule has 0 saturated carbocycles. The van der Waals surface area contributed by atoms with Gasteiger partial charge in [-0.05, 0) is 14.0 Å². The molecule has 6 heteroatoms. The Labute approximate surface area is 75.4 Å². The minimum Gasteiger partial charge on any atom is -0.475 e. The predicted octanol–water partition coefficient (Wildman–Crippen LogP) is -0.347. The third kappa shape index (κ3) is 2.51. The molecule has 1 rings (SSSR count). The van der Waals surface area contributed by atoms with Gasteiger partial charge in [0, 0.05) is 12.5 Å². The van der Waals surface area contributed by atoms with Gasteiger partial charge in [-0.15, -0.1) is 5.10 Å². The first-order valence-electron chi connectivity index (χ1n) is 3.95. The summed E-state index contributed by atoms with van der Waals surface area (Å²) in [5, 5.41) is 17.7. The Morgan fingerprint density at radius 3 is 2.92 bits per heavy atom. The highest BCUT2D eigenvalue weighted by molar-refractivity contribution is 5.82.